The van der Waals surface area contributed by atoms with E-state index in [4.69, 9.17) is 4.74 Å². The molecule has 0 bridgehead atoms. The molecular formula is C25H41BrF3O2P. The number of hydrogen-bond acceptors (Lipinski definition) is 2. The second kappa shape index (κ2) is 11.7. The second-order valence-electron chi connectivity index (χ2n) is 10.1. The van der Waals surface area contributed by atoms with E-state index < -0.39 is 34.2 Å². The zero-order valence-corrected chi connectivity index (χ0v) is 23.1. The Morgan fingerprint density at radius 1 is 0.938 bits per heavy atom. The average molecular weight is 541 g/mol. The van der Waals surface area contributed by atoms with Crippen molar-refractivity contribution in [1.82, 2.24) is 0 Å². The molecule has 0 atom stereocenters. The van der Waals surface area contributed by atoms with Crippen LogP contribution in [0.15, 0.2) is 18.2 Å². The van der Waals surface area contributed by atoms with Gasteiger partial charge in [0, 0.05) is 0 Å². The van der Waals surface area contributed by atoms with E-state index in [9.17, 15) is 18.0 Å². The molecule has 0 saturated heterocycles. The molecule has 0 heterocycles. The Bertz CT molecular complexity index is 732. The third-order valence-electron chi connectivity index (χ3n) is 5.80. The van der Waals surface area contributed by atoms with Gasteiger partial charge in [-0.15, -0.1) is 0 Å². The number of carbonyl (C=O) groups excluding carboxylic acids is 1. The molecule has 32 heavy (non-hydrogen) atoms. The average Bonchev–Trinajstić information content (AvgIpc) is 2.68. The number of esters is 1. The maximum absolute atomic E-state index is 13.9. The molecule has 0 aromatic heterocycles. The summed E-state index contributed by atoms with van der Waals surface area (Å²) in [5, 5.41) is -2.43. The van der Waals surface area contributed by atoms with Gasteiger partial charge in [0.05, 0.1) is 0 Å². The molecule has 1 aromatic rings. The monoisotopic (exact) mass is 540 g/mol. The zero-order valence-electron chi connectivity index (χ0n) is 20.6. The van der Waals surface area contributed by atoms with Gasteiger partial charge in [0.25, 0.3) is 0 Å². The minimum atomic E-state index is -4.62. The molecule has 186 valence electrons. The molecule has 1 rings (SSSR count). The molecule has 0 aliphatic rings. The van der Waals surface area contributed by atoms with Crippen molar-refractivity contribution in [3.05, 3.63) is 34.9 Å². The third kappa shape index (κ3) is 8.97. The van der Waals surface area contributed by atoms with E-state index in [0.717, 1.165) is 57.0 Å². The number of alkyl halides is 3. The van der Waals surface area contributed by atoms with Crippen LogP contribution in [-0.4, -0.2) is 30.1 Å². The maximum atomic E-state index is 13.9. The molecule has 0 amide bonds. The van der Waals surface area contributed by atoms with Gasteiger partial charge in [0.2, 0.25) is 0 Å². The summed E-state index contributed by atoms with van der Waals surface area (Å²) in [5.41, 5.74) is -1.52. The number of carbonyl (C=O) groups is 1. The van der Waals surface area contributed by atoms with Crippen molar-refractivity contribution < 1.29 is 22.7 Å². The van der Waals surface area contributed by atoms with Crippen LogP contribution in [-0.2, 0) is 17.1 Å². The van der Waals surface area contributed by atoms with Crippen molar-refractivity contribution in [2.75, 3.05) is 18.5 Å². The van der Waals surface area contributed by atoms with Crippen molar-refractivity contribution in [2.45, 2.75) is 98.0 Å². The van der Waals surface area contributed by atoms with E-state index in [1.165, 1.54) is 12.1 Å². The number of ether oxygens (including phenoxy) is 1. The van der Waals surface area contributed by atoms with E-state index in [-0.39, 0.29) is 0 Å². The Morgan fingerprint density at radius 3 is 1.78 bits per heavy atom. The molecule has 0 N–H and O–H groups in total. The summed E-state index contributed by atoms with van der Waals surface area (Å²) in [5.74, 6) is -0.935. The van der Waals surface area contributed by atoms with Gasteiger partial charge in [-0.2, -0.15) is 0 Å². The van der Waals surface area contributed by atoms with Crippen molar-refractivity contribution in [1.29, 1.82) is 0 Å². The Kier molecular flexibility index (Phi) is 10.7. The van der Waals surface area contributed by atoms with Crippen LogP contribution in [0.1, 0.15) is 102 Å². The van der Waals surface area contributed by atoms with E-state index in [1.54, 1.807) is 26.8 Å². The molecule has 7 heteroatoms. The van der Waals surface area contributed by atoms with Gasteiger partial charge in [0.15, 0.2) is 0 Å². The van der Waals surface area contributed by atoms with Crippen molar-refractivity contribution in [3.8, 4) is 0 Å². The molecule has 0 aliphatic carbocycles. The van der Waals surface area contributed by atoms with Gasteiger partial charge < -0.3 is 0 Å². The van der Waals surface area contributed by atoms with E-state index in [2.05, 4.69) is 36.3 Å². The van der Waals surface area contributed by atoms with Crippen LogP contribution in [0.25, 0.3) is 0 Å². The first-order chi connectivity index (χ1) is 14.7. The summed E-state index contributed by atoms with van der Waals surface area (Å²) in [6.45, 7) is 11.4. The molecular weight excluding hydrogens is 500 g/mol. The first-order valence-electron chi connectivity index (χ1n) is 11.8. The zero-order chi connectivity index (χ0) is 24.7. The molecule has 0 unspecified atom stereocenters. The van der Waals surface area contributed by atoms with Crippen LogP contribution in [0.2, 0.25) is 0 Å². The van der Waals surface area contributed by atoms with Crippen LogP contribution >= 0.6 is 20.8 Å². The Labute approximate surface area is 200 Å². The van der Waals surface area contributed by atoms with Crippen molar-refractivity contribution >= 4 is 26.8 Å². The molecule has 0 radical (unpaired) electrons. The van der Waals surface area contributed by atoms with Crippen LogP contribution < -0.4 is 0 Å². The van der Waals surface area contributed by atoms with Crippen LogP contribution in [0.4, 0.5) is 13.2 Å². The van der Waals surface area contributed by atoms with E-state index in [1.807, 2.05) is 0 Å². The van der Waals surface area contributed by atoms with Crippen LogP contribution in [0, 0.1) is 0 Å². The minimum absolute atomic E-state index is 0.415. The van der Waals surface area contributed by atoms with Gasteiger partial charge in [-0.05, 0) is 0 Å². The Balaban J connectivity index is 3.48. The second-order valence-corrected chi connectivity index (χ2v) is 21.4. The molecule has 0 spiro atoms. The normalized spacial score (nSPS) is 14.1. The van der Waals surface area contributed by atoms with E-state index in [0.29, 0.717) is 11.7 Å². The number of unbranched alkanes of at least 4 members (excludes halogenated alkanes) is 3. The van der Waals surface area contributed by atoms with Crippen LogP contribution in [0.5, 0.6) is 0 Å². The molecule has 1 aromatic carbocycles. The molecule has 0 fully saturated rings. The fourth-order valence-electron chi connectivity index (χ4n) is 4.12. The third-order valence-corrected chi connectivity index (χ3v) is 15.2. The summed E-state index contributed by atoms with van der Waals surface area (Å²) in [6.07, 6.45) is 5.51. The summed E-state index contributed by atoms with van der Waals surface area (Å²) >= 11 is 4.25. The molecule has 0 aliphatic heterocycles. The van der Waals surface area contributed by atoms with Crippen molar-refractivity contribution in [3.63, 3.8) is 0 Å². The predicted molar refractivity (Wildman–Crippen MR) is 135 cm³/mol. The van der Waals surface area contributed by atoms with Crippen LogP contribution in [0.3, 0.4) is 0 Å². The summed E-state index contributed by atoms with van der Waals surface area (Å²) in [7, 11) is 0. The molecule has 2 nitrogen and oxygen atoms in total. The predicted octanol–water partition coefficient (Wildman–Crippen LogP) is 9.42. The standard InChI is InChI=1S/C25H41BrF3O2P/c1-7-10-15-32(26,16-11-8-2,17-12-9-3)19-20-13-14-21(22(18-20)25(27,28)29)23(30)31-24(4,5)6/h13-14,18H,7-12,15-17,19H2,1-6H3. The SMILES string of the molecule is CCCCP(Br)(CCCC)(CCCC)Cc1ccc(C(=O)OC(C)(C)C)c(C(F)(F)F)c1. The fraction of sp³-hybridized carbons (Fsp3) is 0.720. The van der Waals surface area contributed by atoms with Gasteiger partial charge >= 0.3 is 201 Å². The summed E-state index contributed by atoms with van der Waals surface area (Å²) < 4.78 is 47.1. The summed E-state index contributed by atoms with van der Waals surface area (Å²) in [4.78, 5) is 12.5. The van der Waals surface area contributed by atoms with Crippen molar-refractivity contribution in [2.24, 2.45) is 0 Å². The quantitative estimate of drug-likeness (QED) is 0.195. The number of benzene rings is 1. The van der Waals surface area contributed by atoms with E-state index >= 15 is 0 Å². The molecule has 0 saturated carbocycles. The van der Waals surface area contributed by atoms with Gasteiger partial charge in [-0.1, -0.05) is 0 Å². The summed E-state index contributed by atoms with van der Waals surface area (Å²) in [6, 6.07) is 4.19. The van der Waals surface area contributed by atoms with Gasteiger partial charge in [0.1, 0.15) is 0 Å². The van der Waals surface area contributed by atoms with Gasteiger partial charge in [-0.3, -0.25) is 0 Å². The number of hydrogen-bond donors (Lipinski definition) is 0. The Hall–Kier alpha value is -0.610. The Morgan fingerprint density at radius 2 is 1.41 bits per heavy atom. The number of rotatable bonds is 12. The topological polar surface area (TPSA) is 26.3 Å². The fourth-order valence-corrected chi connectivity index (χ4v) is 12.8. The van der Waals surface area contributed by atoms with Gasteiger partial charge in [-0.25, -0.2) is 0 Å². The number of halogens is 4. The first kappa shape index (κ1) is 29.4. The first-order valence-corrected chi connectivity index (χ1v) is 16.8.